The van der Waals surface area contributed by atoms with Crippen molar-refractivity contribution in [3.05, 3.63) is 23.8 Å². The maximum Gasteiger partial charge on any atom is 0.393 e. The first-order valence-electron chi connectivity index (χ1n) is 6.40. The average molecular weight is 285 g/mol. The van der Waals surface area contributed by atoms with Crippen molar-refractivity contribution in [2.45, 2.75) is 25.4 Å². The maximum atomic E-state index is 12.9. The van der Waals surface area contributed by atoms with Crippen LogP contribution in [-0.2, 0) is 0 Å². The maximum absolute atomic E-state index is 12.9. The minimum atomic E-state index is -4.17. The predicted molar refractivity (Wildman–Crippen MR) is 65.3 cm³/mol. The van der Waals surface area contributed by atoms with E-state index in [0.29, 0.717) is 12.3 Å². The first-order valence-corrected chi connectivity index (χ1v) is 6.40. The van der Waals surface area contributed by atoms with Crippen LogP contribution in [0.2, 0.25) is 0 Å². The van der Waals surface area contributed by atoms with Gasteiger partial charge in [-0.2, -0.15) is 23.3 Å². The van der Waals surface area contributed by atoms with Crippen molar-refractivity contribution in [1.29, 1.82) is 0 Å². The van der Waals surface area contributed by atoms with Crippen molar-refractivity contribution in [2.75, 3.05) is 13.1 Å². The molecule has 0 radical (unpaired) electrons. The molecular formula is C12H14F3N5. The van der Waals surface area contributed by atoms with Crippen LogP contribution in [0.5, 0.6) is 0 Å². The Balaban J connectivity index is 1.96. The lowest BCUT2D eigenvalue weighted by Gasteiger charge is -2.31. The van der Waals surface area contributed by atoms with Crippen molar-refractivity contribution < 1.29 is 13.2 Å². The zero-order chi connectivity index (χ0) is 14.3. The van der Waals surface area contributed by atoms with E-state index in [1.165, 1.54) is 10.8 Å². The quantitative estimate of drug-likeness (QED) is 0.866. The van der Waals surface area contributed by atoms with Crippen molar-refractivity contribution in [1.82, 2.24) is 24.9 Å². The lowest BCUT2D eigenvalue weighted by molar-refractivity contribution is -0.179. The molecule has 5 nitrogen and oxygen atoms in total. The second-order valence-electron chi connectivity index (χ2n) is 5.12. The summed E-state index contributed by atoms with van der Waals surface area (Å²) in [6.45, 7) is 2.28. The Bertz CT molecular complexity index is 621. The summed E-state index contributed by atoms with van der Waals surface area (Å²) in [5.74, 6) is -1.15. The van der Waals surface area contributed by atoms with Crippen LogP contribution in [0.25, 0.3) is 5.78 Å². The highest BCUT2D eigenvalue weighted by atomic mass is 19.4. The van der Waals surface area contributed by atoms with E-state index >= 15 is 0 Å². The molecule has 0 saturated carbocycles. The van der Waals surface area contributed by atoms with Gasteiger partial charge in [0.15, 0.2) is 0 Å². The van der Waals surface area contributed by atoms with Gasteiger partial charge >= 0.3 is 6.18 Å². The van der Waals surface area contributed by atoms with Gasteiger partial charge in [0.1, 0.15) is 6.33 Å². The first-order chi connectivity index (χ1) is 9.45. The van der Waals surface area contributed by atoms with Crippen molar-refractivity contribution in [3.8, 4) is 0 Å². The standard InChI is InChI=1S/C12H14F3N5/c1-7-2-10(20-11(19-7)17-6-18-20)8-3-9(5-16-4-8)12(13,14)15/h2,6,8-9,16H,3-5H2,1H3/t8-,9?/m0/s1. The number of alkyl halides is 3. The Kier molecular flexibility index (Phi) is 3.12. The van der Waals surface area contributed by atoms with E-state index < -0.39 is 12.1 Å². The molecule has 1 fully saturated rings. The fraction of sp³-hybridized carbons (Fsp3) is 0.583. The summed E-state index contributed by atoms with van der Waals surface area (Å²) in [7, 11) is 0. The van der Waals surface area contributed by atoms with Gasteiger partial charge in [-0.15, -0.1) is 0 Å². The summed E-state index contributed by atoms with van der Waals surface area (Å²) in [5.41, 5.74) is 1.46. The summed E-state index contributed by atoms with van der Waals surface area (Å²) in [5, 5.41) is 6.92. The van der Waals surface area contributed by atoms with E-state index in [0.717, 1.165) is 11.4 Å². The number of aromatic nitrogens is 4. The van der Waals surface area contributed by atoms with Gasteiger partial charge in [-0.25, -0.2) is 9.50 Å². The van der Waals surface area contributed by atoms with E-state index in [9.17, 15) is 13.2 Å². The zero-order valence-corrected chi connectivity index (χ0v) is 10.9. The van der Waals surface area contributed by atoms with E-state index in [-0.39, 0.29) is 18.9 Å². The van der Waals surface area contributed by atoms with Crippen LogP contribution in [-0.4, -0.2) is 38.8 Å². The van der Waals surface area contributed by atoms with Gasteiger partial charge in [0.25, 0.3) is 5.78 Å². The van der Waals surface area contributed by atoms with Crippen LogP contribution in [0.1, 0.15) is 23.7 Å². The smallest absolute Gasteiger partial charge is 0.315 e. The summed E-state index contributed by atoms with van der Waals surface area (Å²) in [4.78, 5) is 8.21. The number of nitrogens with zero attached hydrogens (tertiary/aromatic N) is 4. The third kappa shape index (κ3) is 2.35. The Morgan fingerprint density at radius 1 is 1.35 bits per heavy atom. The van der Waals surface area contributed by atoms with E-state index in [2.05, 4.69) is 20.4 Å². The third-order valence-electron chi connectivity index (χ3n) is 3.64. The summed E-state index contributed by atoms with van der Waals surface area (Å²) in [6, 6.07) is 1.78. The Morgan fingerprint density at radius 2 is 2.15 bits per heavy atom. The molecule has 3 rings (SSSR count). The molecule has 1 N–H and O–H groups in total. The number of piperidine rings is 1. The van der Waals surface area contributed by atoms with Gasteiger partial charge in [0.2, 0.25) is 0 Å². The number of fused-ring (bicyclic) bond motifs is 1. The van der Waals surface area contributed by atoms with Gasteiger partial charge < -0.3 is 5.32 Å². The molecule has 0 amide bonds. The molecular weight excluding hydrogens is 271 g/mol. The number of nitrogens with one attached hydrogen (secondary N) is 1. The minimum Gasteiger partial charge on any atom is -0.315 e. The second-order valence-corrected chi connectivity index (χ2v) is 5.12. The Morgan fingerprint density at radius 3 is 2.90 bits per heavy atom. The van der Waals surface area contributed by atoms with Gasteiger partial charge in [0.05, 0.1) is 11.6 Å². The van der Waals surface area contributed by atoms with E-state index in [1.807, 2.05) is 0 Å². The van der Waals surface area contributed by atoms with Crippen molar-refractivity contribution in [3.63, 3.8) is 0 Å². The van der Waals surface area contributed by atoms with Crippen molar-refractivity contribution in [2.24, 2.45) is 5.92 Å². The highest BCUT2D eigenvalue weighted by Gasteiger charge is 2.43. The van der Waals surface area contributed by atoms with Gasteiger partial charge in [-0.3, -0.25) is 0 Å². The highest BCUT2D eigenvalue weighted by molar-refractivity contribution is 5.31. The molecule has 0 spiro atoms. The van der Waals surface area contributed by atoms with Crippen LogP contribution in [0.15, 0.2) is 12.4 Å². The predicted octanol–water partition coefficient (Wildman–Crippen LogP) is 1.69. The molecule has 20 heavy (non-hydrogen) atoms. The average Bonchev–Trinajstić information content (AvgIpc) is 2.85. The molecule has 1 aliphatic rings. The lowest BCUT2D eigenvalue weighted by Crippen LogP contribution is -2.42. The molecule has 2 aromatic heterocycles. The van der Waals surface area contributed by atoms with Crippen LogP contribution in [0.4, 0.5) is 13.2 Å². The molecule has 3 heterocycles. The molecule has 2 aromatic rings. The molecule has 1 aliphatic heterocycles. The van der Waals surface area contributed by atoms with Crippen LogP contribution in [0.3, 0.4) is 0 Å². The number of rotatable bonds is 1. The number of halogens is 3. The second kappa shape index (κ2) is 4.69. The zero-order valence-electron chi connectivity index (χ0n) is 10.9. The molecule has 1 unspecified atom stereocenters. The lowest BCUT2D eigenvalue weighted by atomic mass is 9.87. The molecule has 2 atom stereocenters. The summed E-state index contributed by atoms with van der Waals surface area (Å²) in [6.07, 6.45) is -2.74. The van der Waals surface area contributed by atoms with E-state index in [4.69, 9.17) is 0 Å². The van der Waals surface area contributed by atoms with Gasteiger partial charge in [-0.05, 0) is 19.4 Å². The number of hydrogen-bond acceptors (Lipinski definition) is 4. The third-order valence-corrected chi connectivity index (χ3v) is 3.64. The fourth-order valence-corrected chi connectivity index (χ4v) is 2.67. The fourth-order valence-electron chi connectivity index (χ4n) is 2.67. The molecule has 8 heteroatoms. The largest absolute Gasteiger partial charge is 0.393 e. The Hall–Kier alpha value is -1.70. The molecule has 0 aromatic carbocycles. The molecule has 0 bridgehead atoms. The Labute approximate surface area is 113 Å². The topological polar surface area (TPSA) is 55.1 Å². The number of aryl methyl sites for hydroxylation is 1. The highest BCUT2D eigenvalue weighted by Crippen LogP contribution is 2.36. The molecule has 0 aliphatic carbocycles. The minimum absolute atomic E-state index is 0.0232. The van der Waals surface area contributed by atoms with Crippen molar-refractivity contribution >= 4 is 5.78 Å². The molecule has 1 saturated heterocycles. The monoisotopic (exact) mass is 285 g/mol. The van der Waals surface area contributed by atoms with Crippen LogP contribution >= 0.6 is 0 Å². The van der Waals surface area contributed by atoms with Gasteiger partial charge in [-0.1, -0.05) is 0 Å². The van der Waals surface area contributed by atoms with Gasteiger partial charge in [0, 0.05) is 24.7 Å². The SMILES string of the molecule is Cc1cc([C@@H]2CNCC(C(F)(F)F)C2)n2ncnc2n1. The summed E-state index contributed by atoms with van der Waals surface area (Å²) >= 11 is 0. The van der Waals surface area contributed by atoms with E-state index in [1.54, 1.807) is 13.0 Å². The summed E-state index contributed by atoms with van der Waals surface area (Å²) < 4.78 is 40.2. The normalized spacial score (nSPS) is 24.2. The van der Waals surface area contributed by atoms with Crippen LogP contribution < -0.4 is 5.32 Å². The number of hydrogen-bond donors (Lipinski definition) is 1. The van der Waals surface area contributed by atoms with Crippen LogP contribution in [0, 0.1) is 12.8 Å². The first kappa shape index (κ1) is 13.3. The molecule has 108 valence electrons.